The number of nitrogens with one attached hydrogen (secondary N) is 1. The van der Waals surface area contributed by atoms with Gasteiger partial charge in [-0.1, -0.05) is 23.4 Å². The summed E-state index contributed by atoms with van der Waals surface area (Å²) in [6, 6.07) is 13.5. The Hall–Kier alpha value is -3.02. The van der Waals surface area contributed by atoms with Crippen molar-refractivity contribution < 1.29 is 13.7 Å². The Morgan fingerprint density at radius 3 is 3.00 bits per heavy atom. The minimum Gasteiger partial charge on any atom is -0.461 e. The highest BCUT2D eigenvalue weighted by Crippen LogP contribution is 2.26. The summed E-state index contributed by atoms with van der Waals surface area (Å²) in [5.74, 6) is 0.748. The number of aromatic nitrogens is 1. The van der Waals surface area contributed by atoms with Crippen LogP contribution in [0.2, 0.25) is 0 Å². The molecule has 1 aliphatic heterocycles. The highest BCUT2D eigenvalue weighted by Gasteiger charge is 2.19. The molecule has 1 aliphatic rings. The average Bonchev–Trinajstić information content (AvgIpc) is 3.35. The van der Waals surface area contributed by atoms with Gasteiger partial charge in [-0.05, 0) is 30.2 Å². The molecule has 1 N–H and O–H groups in total. The van der Waals surface area contributed by atoms with Crippen molar-refractivity contribution in [1.82, 2.24) is 10.5 Å². The molecule has 0 saturated carbocycles. The number of amides is 1. The van der Waals surface area contributed by atoms with Gasteiger partial charge in [-0.25, -0.2) is 0 Å². The number of anilines is 1. The third kappa shape index (κ3) is 2.78. The van der Waals surface area contributed by atoms with Gasteiger partial charge in [-0.15, -0.1) is 0 Å². The van der Waals surface area contributed by atoms with E-state index in [1.807, 2.05) is 6.07 Å². The van der Waals surface area contributed by atoms with Gasteiger partial charge in [0.25, 0.3) is 5.91 Å². The molecule has 3 aromatic rings. The van der Waals surface area contributed by atoms with Crippen molar-refractivity contribution >= 4 is 11.6 Å². The summed E-state index contributed by atoms with van der Waals surface area (Å²) in [7, 11) is 0. The van der Waals surface area contributed by atoms with Crippen LogP contribution in [0.1, 0.15) is 16.1 Å². The summed E-state index contributed by atoms with van der Waals surface area (Å²) in [5, 5.41) is 6.68. The molecule has 1 amide bonds. The van der Waals surface area contributed by atoms with Crippen LogP contribution in [0.3, 0.4) is 0 Å². The maximum atomic E-state index is 12.2. The van der Waals surface area contributed by atoms with Gasteiger partial charge in [-0.2, -0.15) is 0 Å². The Morgan fingerprint density at radius 1 is 1.21 bits per heavy atom. The molecule has 24 heavy (non-hydrogen) atoms. The van der Waals surface area contributed by atoms with Crippen LogP contribution in [0.4, 0.5) is 5.69 Å². The first-order valence-electron chi connectivity index (χ1n) is 7.93. The van der Waals surface area contributed by atoms with Crippen LogP contribution in [0.15, 0.2) is 57.7 Å². The molecule has 2 aromatic heterocycles. The van der Waals surface area contributed by atoms with Gasteiger partial charge in [-0.3, -0.25) is 4.79 Å². The van der Waals surface area contributed by atoms with E-state index in [9.17, 15) is 4.79 Å². The Balaban J connectivity index is 1.33. The van der Waals surface area contributed by atoms with Gasteiger partial charge in [0.05, 0.1) is 6.26 Å². The number of carbonyl (C=O) groups excluding carboxylic acids is 1. The molecule has 0 atom stereocenters. The third-order valence-electron chi connectivity index (χ3n) is 4.16. The number of hydrogen-bond donors (Lipinski definition) is 1. The van der Waals surface area contributed by atoms with E-state index in [4.69, 9.17) is 8.94 Å². The molecule has 0 fully saturated rings. The molecule has 0 bridgehead atoms. The van der Waals surface area contributed by atoms with Crippen LogP contribution in [-0.2, 0) is 6.42 Å². The van der Waals surface area contributed by atoms with Crippen LogP contribution in [0, 0.1) is 0 Å². The first kappa shape index (κ1) is 14.6. The van der Waals surface area contributed by atoms with Gasteiger partial charge < -0.3 is 19.2 Å². The summed E-state index contributed by atoms with van der Waals surface area (Å²) in [5.41, 5.74) is 2.87. The second-order valence-electron chi connectivity index (χ2n) is 5.68. The Morgan fingerprint density at radius 2 is 2.12 bits per heavy atom. The molecule has 0 unspecified atom stereocenters. The molecule has 122 valence electrons. The number of rotatable bonds is 5. The normalized spacial score (nSPS) is 13.1. The molecule has 0 aliphatic carbocycles. The lowest BCUT2D eigenvalue weighted by Gasteiger charge is -2.19. The quantitative estimate of drug-likeness (QED) is 0.781. The zero-order chi connectivity index (χ0) is 16.4. The lowest BCUT2D eigenvalue weighted by molar-refractivity contribution is 0.0945. The number of nitrogens with zero attached hydrogens (tertiary/aromatic N) is 2. The van der Waals surface area contributed by atoms with Crippen molar-refractivity contribution in [3.8, 4) is 11.5 Å². The minimum atomic E-state index is -0.246. The van der Waals surface area contributed by atoms with E-state index in [-0.39, 0.29) is 11.6 Å². The Labute approximate surface area is 139 Å². The van der Waals surface area contributed by atoms with Crippen molar-refractivity contribution in [2.24, 2.45) is 0 Å². The molecule has 6 nitrogen and oxygen atoms in total. The van der Waals surface area contributed by atoms with Gasteiger partial charge in [0.2, 0.25) is 5.76 Å². The Bertz CT molecular complexity index is 839. The number of benzene rings is 1. The first-order valence-corrected chi connectivity index (χ1v) is 7.93. The summed E-state index contributed by atoms with van der Waals surface area (Å²) < 4.78 is 10.4. The van der Waals surface area contributed by atoms with Crippen molar-refractivity contribution in [1.29, 1.82) is 0 Å². The van der Waals surface area contributed by atoms with Crippen LogP contribution in [0.5, 0.6) is 0 Å². The molecule has 0 radical (unpaired) electrons. The van der Waals surface area contributed by atoms with Crippen LogP contribution >= 0.6 is 0 Å². The molecule has 0 spiro atoms. The smallest absolute Gasteiger partial charge is 0.273 e. The highest BCUT2D eigenvalue weighted by molar-refractivity contribution is 5.92. The third-order valence-corrected chi connectivity index (χ3v) is 4.16. The molecular weight excluding hydrogens is 306 g/mol. The maximum absolute atomic E-state index is 12.2. The van der Waals surface area contributed by atoms with E-state index in [0.29, 0.717) is 18.1 Å². The van der Waals surface area contributed by atoms with E-state index in [1.54, 1.807) is 24.5 Å². The average molecular weight is 323 g/mol. The minimum absolute atomic E-state index is 0.246. The summed E-state index contributed by atoms with van der Waals surface area (Å²) in [6.07, 6.45) is 2.60. The van der Waals surface area contributed by atoms with Crippen molar-refractivity contribution in [2.45, 2.75) is 6.42 Å². The molecule has 6 heteroatoms. The van der Waals surface area contributed by atoms with E-state index < -0.39 is 0 Å². The lowest BCUT2D eigenvalue weighted by atomic mass is 10.2. The molecule has 0 saturated heterocycles. The molecule has 3 heterocycles. The fourth-order valence-electron chi connectivity index (χ4n) is 2.95. The zero-order valence-corrected chi connectivity index (χ0v) is 13.1. The molecule has 1 aromatic carbocycles. The second-order valence-corrected chi connectivity index (χ2v) is 5.68. The zero-order valence-electron chi connectivity index (χ0n) is 13.1. The first-order chi connectivity index (χ1) is 11.8. The summed E-state index contributed by atoms with van der Waals surface area (Å²) in [6.45, 7) is 2.31. The lowest BCUT2D eigenvalue weighted by Crippen LogP contribution is -2.34. The number of hydrogen-bond acceptors (Lipinski definition) is 5. The van der Waals surface area contributed by atoms with Crippen molar-refractivity contribution in [2.75, 3.05) is 24.5 Å². The molecular formula is C18H17N3O3. The predicted molar refractivity (Wildman–Crippen MR) is 88.9 cm³/mol. The van der Waals surface area contributed by atoms with Gasteiger partial charge >= 0.3 is 0 Å². The highest BCUT2D eigenvalue weighted by atomic mass is 16.5. The monoisotopic (exact) mass is 323 g/mol. The van der Waals surface area contributed by atoms with E-state index in [1.165, 1.54) is 11.3 Å². The summed E-state index contributed by atoms with van der Waals surface area (Å²) >= 11 is 0. The Kier molecular flexibility index (Phi) is 3.78. The van der Waals surface area contributed by atoms with E-state index in [2.05, 4.69) is 33.6 Å². The van der Waals surface area contributed by atoms with Crippen LogP contribution < -0.4 is 10.2 Å². The number of fused-ring (bicyclic) bond motifs is 1. The fraction of sp³-hybridized carbons (Fsp3) is 0.222. The van der Waals surface area contributed by atoms with Gasteiger partial charge in [0.15, 0.2) is 11.5 Å². The van der Waals surface area contributed by atoms with Crippen LogP contribution in [0.25, 0.3) is 11.5 Å². The summed E-state index contributed by atoms with van der Waals surface area (Å²) in [4.78, 5) is 14.4. The van der Waals surface area contributed by atoms with Gasteiger partial charge in [0.1, 0.15) is 0 Å². The van der Waals surface area contributed by atoms with E-state index in [0.717, 1.165) is 19.5 Å². The van der Waals surface area contributed by atoms with E-state index >= 15 is 0 Å². The fourth-order valence-corrected chi connectivity index (χ4v) is 2.95. The number of furan rings is 1. The largest absolute Gasteiger partial charge is 0.461 e. The topological polar surface area (TPSA) is 71.5 Å². The van der Waals surface area contributed by atoms with Crippen LogP contribution in [-0.4, -0.2) is 30.7 Å². The standard InChI is InChI=1S/C18H17N3O3/c22-18(14-12-17(24-20-14)16-6-3-11-23-16)19-8-10-21-9-7-13-4-1-2-5-15(13)21/h1-6,11-12H,7-10H2,(H,19,22). The van der Waals surface area contributed by atoms with Crippen molar-refractivity contribution in [3.05, 3.63) is 60.0 Å². The SMILES string of the molecule is O=C(NCCN1CCc2ccccc21)c1cc(-c2ccco2)on1. The van der Waals surface area contributed by atoms with Gasteiger partial charge in [0, 0.05) is 31.4 Å². The second kappa shape index (κ2) is 6.23. The van der Waals surface area contributed by atoms with Crippen molar-refractivity contribution in [3.63, 3.8) is 0 Å². The maximum Gasteiger partial charge on any atom is 0.273 e. The number of para-hydroxylation sites is 1. The number of carbonyl (C=O) groups is 1. The molecule has 4 rings (SSSR count). The predicted octanol–water partition coefficient (Wildman–Crippen LogP) is 2.73.